The smallest absolute Gasteiger partial charge is 0.226 e. The number of aryl methyl sites for hydroxylation is 1. The number of nitrogens with zero attached hydrogens (tertiary/aromatic N) is 1. The largest absolute Gasteiger partial charge is 0.486 e. The van der Waals surface area contributed by atoms with E-state index in [4.69, 9.17) is 4.74 Å². The van der Waals surface area contributed by atoms with Crippen molar-refractivity contribution in [2.75, 3.05) is 6.54 Å². The summed E-state index contributed by atoms with van der Waals surface area (Å²) in [7, 11) is 0. The van der Waals surface area contributed by atoms with Gasteiger partial charge in [-0.25, -0.2) is 9.37 Å². The molecule has 0 bridgehead atoms. The number of ether oxygens (including phenoxy) is 1. The van der Waals surface area contributed by atoms with Crippen molar-refractivity contribution in [1.82, 2.24) is 10.3 Å². The van der Waals surface area contributed by atoms with Crippen molar-refractivity contribution in [3.8, 4) is 5.75 Å². The number of amides is 1. The first-order chi connectivity index (χ1) is 13.1. The van der Waals surface area contributed by atoms with Gasteiger partial charge in [0.15, 0.2) is 0 Å². The number of hydrogen-bond donors (Lipinski definition) is 1. The summed E-state index contributed by atoms with van der Waals surface area (Å²) in [5.74, 6) is 0.245. The number of hydrogen-bond acceptors (Lipinski definition) is 4. The highest BCUT2D eigenvalue weighted by molar-refractivity contribution is 7.09. The number of aromatic nitrogens is 1. The minimum absolute atomic E-state index is 0.0418. The van der Waals surface area contributed by atoms with E-state index in [1.807, 2.05) is 17.5 Å². The molecule has 0 spiro atoms. The highest BCUT2D eigenvalue weighted by atomic mass is 32.1. The molecule has 0 radical (unpaired) electrons. The number of benzene rings is 2. The Labute approximate surface area is 162 Å². The van der Waals surface area contributed by atoms with Crippen molar-refractivity contribution < 1.29 is 13.9 Å². The van der Waals surface area contributed by atoms with Gasteiger partial charge in [0.2, 0.25) is 5.91 Å². The van der Waals surface area contributed by atoms with Crippen LogP contribution >= 0.6 is 11.3 Å². The van der Waals surface area contributed by atoms with Crippen LogP contribution < -0.4 is 10.1 Å². The maximum absolute atomic E-state index is 12.9. The molecule has 1 amide bonds. The van der Waals surface area contributed by atoms with Crippen molar-refractivity contribution >= 4 is 17.2 Å². The van der Waals surface area contributed by atoms with E-state index in [0.29, 0.717) is 18.9 Å². The normalized spacial score (nSPS) is 10.6. The van der Waals surface area contributed by atoms with Gasteiger partial charge in [-0.3, -0.25) is 4.79 Å². The standard InChI is InChI=1S/C21H21FN2O2S/c1-15-4-2-3-5-16(15)10-11-23-20(25)12-18-14-27-21(24-18)13-26-19-8-6-17(22)7-9-19/h2-9,14H,10-13H2,1H3,(H,23,25). The second kappa shape index (κ2) is 9.28. The van der Waals surface area contributed by atoms with Crippen LogP contribution in [0.5, 0.6) is 5.75 Å². The van der Waals surface area contributed by atoms with E-state index in [0.717, 1.165) is 17.1 Å². The Morgan fingerprint density at radius 1 is 1.19 bits per heavy atom. The summed E-state index contributed by atoms with van der Waals surface area (Å²) < 4.78 is 18.4. The van der Waals surface area contributed by atoms with Gasteiger partial charge in [-0.1, -0.05) is 24.3 Å². The first-order valence-corrected chi connectivity index (χ1v) is 9.61. The Hall–Kier alpha value is -2.73. The van der Waals surface area contributed by atoms with Crippen molar-refractivity contribution in [2.24, 2.45) is 0 Å². The zero-order valence-electron chi connectivity index (χ0n) is 15.1. The second-order valence-corrected chi connectivity index (χ2v) is 7.12. The molecule has 0 aliphatic carbocycles. The van der Waals surface area contributed by atoms with Crippen LogP contribution in [0.25, 0.3) is 0 Å². The lowest BCUT2D eigenvalue weighted by molar-refractivity contribution is -0.120. The molecular formula is C21H21FN2O2S. The van der Waals surface area contributed by atoms with Crippen molar-refractivity contribution in [3.05, 3.63) is 81.6 Å². The van der Waals surface area contributed by atoms with Crippen LogP contribution in [-0.2, 0) is 24.2 Å². The predicted octanol–water partition coefficient (Wildman–Crippen LogP) is 4.07. The van der Waals surface area contributed by atoms with Gasteiger partial charge in [0, 0.05) is 11.9 Å². The van der Waals surface area contributed by atoms with Gasteiger partial charge in [-0.05, 0) is 48.7 Å². The molecule has 0 saturated heterocycles. The quantitative estimate of drug-likeness (QED) is 0.637. The molecule has 0 fully saturated rings. The molecule has 1 heterocycles. The lowest BCUT2D eigenvalue weighted by atomic mass is 10.1. The lowest BCUT2D eigenvalue weighted by Gasteiger charge is -2.07. The van der Waals surface area contributed by atoms with E-state index in [1.54, 1.807) is 12.1 Å². The predicted molar refractivity (Wildman–Crippen MR) is 104 cm³/mol. The molecule has 0 saturated carbocycles. The minimum atomic E-state index is -0.299. The molecule has 1 N–H and O–H groups in total. The van der Waals surface area contributed by atoms with E-state index < -0.39 is 0 Å². The second-order valence-electron chi connectivity index (χ2n) is 6.18. The molecule has 0 aliphatic rings. The molecule has 140 valence electrons. The van der Waals surface area contributed by atoms with Crippen molar-refractivity contribution in [2.45, 2.75) is 26.4 Å². The van der Waals surface area contributed by atoms with Crippen LogP contribution in [0.1, 0.15) is 21.8 Å². The Morgan fingerprint density at radius 2 is 1.96 bits per heavy atom. The summed E-state index contributed by atoms with van der Waals surface area (Å²) in [4.78, 5) is 16.5. The molecule has 0 unspecified atom stereocenters. The lowest BCUT2D eigenvalue weighted by Crippen LogP contribution is -2.27. The first kappa shape index (κ1) is 19.0. The number of carbonyl (C=O) groups excluding carboxylic acids is 1. The molecule has 0 atom stereocenters. The number of carbonyl (C=O) groups is 1. The van der Waals surface area contributed by atoms with Crippen LogP contribution in [0, 0.1) is 12.7 Å². The average molecular weight is 384 g/mol. The third-order valence-corrected chi connectivity index (χ3v) is 4.97. The van der Waals surface area contributed by atoms with Crippen LogP contribution in [0.3, 0.4) is 0 Å². The van der Waals surface area contributed by atoms with Gasteiger partial charge in [-0.2, -0.15) is 0 Å². The molecule has 27 heavy (non-hydrogen) atoms. The molecular weight excluding hydrogens is 363 g/mol. The van der Waals surface area contributed by atoms with E-state index in [1.165, 1.54) is 34.6 Å². The molecule has 3 aromatic rings. The SMILES string of the molecule is Cc1ccccc1CCNC(=O)Cc1csc(COc2ccc(F)cc2)n1. The monoisotopic (exact) mass is 384 g/mol. The Kier molecular flexibility index (Phi) is 6.54. The summed E-state index contributed by atoms with van der Waals surface area (Å²) in [6.07, 6.45) is 1.06. The Bertz CT molecular complexity index is 893. The van der Waals surface area contributed by atoms with Gasteiger partial charge in [-0.15, -0.1) is 11.3 Å². The fourth-order valence-electron chi connectivity index (χ4n) is 2.63. The fraction of sp³-hybridized carbons (Fsp3) is 0.238. The third-order valence-electron chi connectivity index (χ3n) is 4.09. The van der Waals surface area contributed by atoms with Crippen LogP contribution in [0.4, 0.5) is 4.39 Å². The highest BCUT2D eigenvalue weighted by Crippen LogP contribution is 2.16. The van der Waals surface area contributed by atoms with Gasteiger partial charge >= 0.3 is 0 Å². The van der Waals surface area contributed by atoms with Crippen LogP contribution in [-0.4, -0.2) is 17.4 Å². The van der Waals surface area contributed by atoms with E-state index in [-0.39, 0.29) is 18.1 Å². The molecule has 6 heteroatoms. The summed E-state index contributed by atoms with van der Waals surface area (Å²) in [5, 5.41) is 5.58. The number of rotatable bonds is 8. The van der Waals surface area contributed by atoms with Crippen molar-refractivity contribution in [1.29, 1.82) is 0 Å². The first-order valence-electron chi connectivity index (χ1n) is 8.73. The number of halogens is 1. The maximum atomic E-state index is 12.9. The molecule has 2 aromatic carbocycles. The summed E-state index contributed by atoms with van der Waals surface area (Å²) in [6.45, 7) is 2.97. The van der Waals surface area contributed by atoms with Gasteiger partial charge in [0.1, 0.15) is 23.2 Å². The zero-order valence-corrected chi connectivity index (χ0v) is 15.9. The van der Waals surface area contributed by atoms with Crippen LogP contribution in [0.15, 0.2) is 53.9 Å². The molecule has 1 aromatic heterocycles. The minimum Gasteiger partial charge on any atom is -0.486 e. The summed E-state index contributed by atoms with van der Waals surface area (Å²) in [6, 6.07) is 14.0. The van der Waals surface area contributed by atoms with E-state index in [2.05, 4.69) is 29.4 Å². The zero-order chi connectivity index (χ0) is 19.1. The molecule has 0 aliphatic heterocycles. The van der Waals surface area contributed by atoms with Gasteiger partial charge < -0.3 is 10.1 Å². The van der Waals surface area contributed by atoms with E-state index >= 15 is 0 Å². The highest BCUT2D eigenvalue weighted by Gasteiger charge is 2.08. The summed E-state index contributed by atoms with van der Waals surface area (Å²) >= 11 is 1.45. The van der Waals surface area contributed by atoms with E-state index in [9.17, 15) is 9.18 Å². The maximum Gasteiger partial charge on any atom is 0.226 e. The Balaban J connectivity index is 1.42. The van der Waals surface area contributed by atoms with Crippen molar-refractivity contribution in [3.63, 3.8) is 0 Å². The molecule has 3 rings (SSSR count). The average Bonchev–Trinajstić information content (AvgIpc) is 3.10. The van der Waals surface area contributed by atoms with Gasteiger partial charge in [0.25, 0.3) is 0 Å². The number of thiazole rings is 1. The summed E-state index contributed by atoms with van der Waals surface area (Å²) in [5.41, 5.74) is 3.20. The Morgan fingerprint density at radius 3 is 2.74 bits per heavy atom. The number of nitrogens with one attached hydrogen (secondary N) is 1. The fourth-order valence-corrected chi connectivity index (χ4v) is 3.33. The molecule has 4 nitrogen and oxygen atoms in total. The van der Waals surface area contributed by atoms with Gasteiger partial charge in [0.05, 0.1) is 12.1 Å². The topological polar surface area (TPSA) is 51.2 Å². The van der Waals surface area contributed by atoms with Crippen LogP contribution in [0.2, 0.25) is 0 Å². The third kappa shape index (κ3) is 5.89.